The molecule has 1 unspecified atom stereocenters. The van der Waals surface area contributed by atoms with Gasteiger partial charge in [0.15, 0.2) is 0 Å². The van der Waals surface area contributed by atoms with Gasteiger partial charge in [-0.3, -0.25) is 0 Å². The number of sulfonamides is 1. The van der Waals surface area contributed by atoms with Gasteiger partial charge in [-0.05, 0) is 39.9 Å². The zero-order valence-corrected chi connectivity index (χ0v) is 11.7. The number of nitrogens with one attached hydrogen (secondary N) is 2. The van der Waals surface area contributed by atoms with E-state index in [-0.39, 0.29) is 5.75 Å². The van der Waals surface area contributed by atoms with E-state index >= 15 is 0 Å². The third kappa shape index (κ3) is 6.98. The second-order valence-electron chi connectivity index (χ2n) is 4.95. The molecule has 0 aliphatic carbocycles. The van der Waals surface area contributed by atoms with E-state index in [1.165, 1.54) is 12.8 Å². The molecular weight excluding hydrogens is 238 g/mol. The molecule has 1 saturated heterocycles. The molecule has 0 aromatic carbocycles. The Morgan fingerprint density at radius 2 is 2.12 bits per heavy atom. The van der Waals surface area contributed by atoms with Gasteiger partial charge in [-0.2, -0.15) is 0 Å². The summed E-state index contributed by atoms with van der Waals surface area (Å²) in [4.78, 5) is 1.96. The molecule has 6 heteroatoms. The smallest absolute Gasteiger partial charge is 0.211 e. The van der Waals surface area contributed by atoms with E-state index in [4.69, 9.17) is 0 Å². The van der Waals surface area contributed by atoms with Gasteiger partial charge in [-0.1, -0.05) is 6.42 Å². The highest BCUT2D eigenvalue weighted by Crippen LogP contribution is 2.10. The number of rotatable bonds is 7. The first-order valence-electron chi connectivity index (χ1n) is 6.35. The summed E-state index contributed by atoms with van der Waals surface area (Å²) in [6.07, 6.45) is 4.25. The van der Waals surface area contributed by atoms with Crippen LogP contribution in [0.15, 0.2) is 0 Å². The van der Waals surface area contributed by atoms with Crippen LogP contribution in [0.2, 0.25) is 0 Å². The molecule has 1 aliphatic rings. The maximum atomic E-state index is 11.7. The molecule has 1 heterocycles. The molecule has 17 heavy (non-hydrogen) atoms. The molecule has 0 amide bonds. The molecule has 1 aliphatic heterocycles. The Morgan fingerprint density at radius 3 is 2.71 bits per heavy atom. The van der Waals surface area contributed by atoms with E-state index in [9.17, 15) is 8.42 Å². The van der Waals surface area contributed by atoms with Crippen molar-refractivity contribution < 1.29 is 8.42 Å². The normalized spacial score (nSPS) is 21.9. The molecule has 102 valence electrons. The number of hydrogen-bond donors (Lipinski definition) is 2. The fourth-order valence-electron chi connectivity index (χ4n) is 1.96. The van der Waals surface area contributed by atoms with Crippen molar-refractivity contribution >= 4 is 10.0 Å². The van der Waals surface area contributed by atoms with Gasteiger partial charge >= 0.3 is 0 Å². The minimum Gasteiger partial charge on any atom is -0.314 e. The van der Waals surface area contributed by atoms with Crippen LogP contribution in [0.1, 0.15) is 25.7 Å². The predicted octanol–water partition coefficient (Wildman–Crippen LogP) is -0.000400. The second kappa shape index (κ2) is 7.31. The molecule has 2 N–H and O–H groups in total. The molecule has 1 atom stereocenters. The van der Waals surface area contributed by atoms with E-state index in [0.29, 0.717) is 12.6 Å². The highest BCUT2D eigenvalue weighted by Gasteiger charge is 2.16. The lowest BCUT2D eigenvalue weighted by molar-refractivity contribution is 0.391. The average Bonchev–Trinajstić information content (AvgIpc) is 2.27. The Labute approximate surface area is 105 Å². The van der Waals surface area contributed by atoms with Crippen molar-refractivity contribution in [2.75, 3.05) is 39.5 Å². The maximum absolute atomic E-state index is 11.7. The first kappa shape index (κ1) is 14.9. The van der Waals surface area contributed by atoms with Crippen LogP contribution in [0.3, 0.4) is 0 Å². The highest BCUT2D eigenvalue weighted by molar-refractivity contribution is 7.89. The summed E-state index contributed by atoms with van der Waals surface area (Å²) in [5, 5.41) is 3.37. The molecule has 0 saturated carbocycles. The summed E-state index contributed by atoms with van der Waals surface area (Å²) in [7, 11) is 0.768. The summed E-state index contributed by atoms with van der Waals surface area (Å²) < 4.78 is 26.0. The topological polar surface area (TPSA) is 61.4 Å². The molecule has 1 fully saturated rings. The van der Waals surface area contributed by atoms with Gasteiger partial charge in [0, 0.05) is 19.1 Å². The lowest BCUT2D eigenvalue weighted by Crippen LogP contribution is -2.38. The van der Waals surface area contributed by atoms with Crippen LogP contribution in [-0.2, 0) is 10.0 Å². The maximum Gasteiger partial charge on any atom is 0.211 e. The molecule has 0 spiro atoms. The summed E-state index contributed by atoms with van der Waals surface area (Å²) in [6, 6.07) is 0.383. The Bertz CT molecular complexity index is 298. The Balaban J connectivity index is 2.19. The van der Waals surface area contributed by atoms with Gasteiger partial charge in [0.25, 0.3) is 0 Å². The third-order valence-corrected chi connectivity index (χ3v) is 4.45. The Kier molecular flexibility index (Phi) is 6.40. The first-order valence-corrected chi connectivity index (χ1v) is 8.00. The molecule has 1 rings (SSSR count). The quantitative estimate of drug-likeness (QED) is 0.679. The largest absolute Gasteiger partial charge is 0.314 e. The van der Waals surface area contributed by atoms with Crippen molar-refractivity contribution in [1.82, 2.24) is 14.9 Å². The van der Waals surface area contributed by atoms with Gasteiger partial charge in [0.05, 0.1) is 5.75 Å². The minimum atomic E-state index is -3.09. The van der Waals surface area contributed by atoms with Crippen LogP contribution < -0.4 is 10.0 Å². The Hall–Kier alpha value is -0.170. The molecule has 0 radical (unpaired) electrons. The number of nitrogens with zero attached hydrogens (tertiary/aromatic N) is 1. The summed E-state index contributed by atoms with van der Waals surface area (Å²) >= 11 is 0. The van der Waals surface area contributed by atoms with Crippen molar-refractivity contribution in [3.63, 3.8) is 0 Å². The zero-order chi connectivity index (χ0) is 12.7. The molecular formula is C11H25N3O2S. The third-order valence-electron chi connectivity index (χ3n) is 3.03. The zero-order valence-electron chi connectivity index (χ0n) is 10.9. The van der Waals surface area contributed by atoms with Gasteiger partial charge in [-0.15, -0.1) is 0 Å². The molecule has 0 bridgehead atoms. The summed E-state index contributed by atoms with van der Waals surface area (Å²) in [6.45, 7) is 2.26. The van der Waals surface area contributed by atoms with Gasteiger partial charge < -0.3 is 10.2 Å². The van der Waals surface area contributed by atoms with Crippen molar-refractivity contribution in [3.05, 3.63) is 0 Å². The monoisotopic (exact) mass is 263 g/mol. The lowest BCUT2D eigenvalue weighted by atomic mass is 10.0. The van der Waals surface area contributed by atoms with Crippen molar-refractivity contribution in [2.45, 2.75) is 31.7 Å². The van der Waals surface area contributed by atoms with E-state index in [1.54, 1.807) is 0 Å². The second-order valence-corrected chi connectivity index (χ2v) is 6.88. The highest BCUT2D eigenvalue weighted by atomic mass is 32.2. The number of likely N-dealkylation sites (N-methyl/N-ethyl adjacent to an activating group) is 1. The Morgan fingerprint density at radius 1 is 1.35 bits per heavy atom. The van der Waals surface area contributed by atoms with E-state index in [0.717, 1.165) is 25.9 Å². The van der Waals surface area contributed by atoms with Crippen molar-refractivity contribution in [3.8, 4) is 0 Å². The number of piperidine rings is 1. The van der Waals surface area contributed by atoms with Crippen LogP contribution >= 0.6 is 0 Å². The van der Waals surface area contributed by atoms with Crippen LogP contribution in [0, 0.1) is 0 Å². The average molecular weight is 263 g/mol. The molecule has 5 nitrogen and oxygen atoms in total. The van der Waals surface area contributed by atoms with E-state index in [2.05, 4.69) is 10.0 Å². The summed E-state index contributed by atoms with van der Waals surface area (Å²) in [5.41, 5.74) is 0. The fraction of sp³-hybridized carbons (Fsp3) is 1.00. The van der Waals surface area contributed by atoms with Crippen LogP contribution in [-0.4, -0.2) is 58.8 Å². The summed E-state index contributed by atoms with van der Waals surface area (Å²) in [5.74, 6) is 0.234. The minimum absolute atomic E-state index is 0.234. The lowest BCUT2D eigenvalue weighted by Gasteiger charge is -2.23. The van der Waals surface area contributed by atoms with Gasteiger partial charge in [-0.25, -0.2) is 13.1 Å². The molecule has 0 aromatic heterocycles. The van der Waals surface area contributed by atoms with E-state index < -0.39 is 10.0 Å². The first-order chi connectivity index (χ1) is 7.99. The van der Waals surface area contributed by atoms with Crippen molar-refractivity contribution in [2.24, 2.45) is 0 Å². The van der Waals surface area contributed by atoms with Crippen LogP contribution in [0.5, 0.6) is 0 Å². The van der Waals surface area contributed by atoms with Gasteiger partial charge in [0.1, 0.15) is 0 Å². The van der Waals surface area contributed by atoms with Crippen molar-refractivity contribution in [1.29, 1.82) is 0 Å². The van der Waals surface area contributed by atoms with E-state index in [1.807, 2.05) is 19.0 Å². The predicted molar refractivity (Wildman–Crippen MR) is 70.6 cm³/mol. The SMILES string of the molecule is CN(C)CCNS(=O)(=O)CCC1CCCCN1. The molecule has 0 aromatic rings. The van der Waals surface area contributed by atoms with Crippen LogP contribution in [0.25, 0.3) is 0 Å². The fourth-order valence-corrected chi connectivity index (χ4v) is 3.11. The standard InChI is InChI=1S/C11H25N3O2S/c1-14(2)9-8-13-17(15,16)10-6-11-5-3-4-7-12-11/h11-13H,3-10H2,1-2H3. The van der Waals surface area contributed by atoms with Crippen LogP contribution in [0.4, 0.5) is 0 Å². The van der Waals surface area contributed by atoms with Gasteiger partial charge in [0.2, 0.25) is 10.0 Å². The number of hydrogen-bond acceptors (Lipinski definition) is 4.